The van der Waals surface area contributed by atoms with Gasteiger partial charge < -0.3 is 14.8 Å². The number of carbonyl (C=O) groups is 1. The number of hydrogen-bond acceptors (Lipinski definition) is 3. The van der Waals surface area contributed by atoms with Crippen molar-refractivity contribution >= 4 is 11.6 Å². The summed E-state index contributed by atoms with van der Waals surface area (Å²) in [6.07, 6.45) is 0. The summed E-state index contributed by atoms with van der Waals surface area (Å²) in [5.41, 5.74) is 3.48. The smallest absolute Gasteiger partial charge is 0.255 e. The fourth-order valence-electron chi connectivity index (χ4n) is 2.19. The Balaban J connectivity index is 2.27. The minimum Gasteiger partial charge on any atom is -0.497 e. The molecular weight excluding hydrogens is 266 g/mol. The zero-order valence-electron chi connectivity index (χ0n) is 12.7. The predicted molar refractivity (Wildman–Crippen MR) is 83.4 cm³/mol. The highest BCUT2D eigenvalue weighted by Crippen LogP contribution is 2.23. The molecule has 0 fully saturated rings. The van der Waals surface area contributed by atoms with E-state index in [1.807, 2.05) is 26.0 Å². The first-order valence-corrected chi connectivity index (χ1v) is 6.64. The summed E-state index contributed by atoms with van der Waals surface area (Å²) in [7, 11) is 3.11. The van der Waals surface area contributed by atoms with Crippen LogP contribution in [-0.4, -0.2) is 20.1 Å². The fourth-order valence-corrected chi connectivity index (χ4v) is 2.19. The summed E-state index contributed by atoms with van der Waals surface area (Å²) in [5, 5.41) is 2.89. The Hall–Kier alpha value is -2.49. The topological polar surface area (TPSA) is 47.6 Å². The molecule has 0 spiro atoms. The van der Waals surface area contributed by atoms with Gasteiger partial charge >= 0.3 is 0 Å². The van der Waals surface area contributed by atoms with Crippen LogP contribution in [0, 0.1) is 13.8 Å². The monoisotopic (exact) mass is 285 g/mol. The number of nitrogens with one attached hydrogen (secondary N) is 1. The summed E-state index contributed by atoms with van der Waals surface area (Å²) in [5.74, 6) is 0.969. The molecule has 1 N–H and O–H groups in total. The van der Waals surface area contributed by atoms with Crippen LogP contribution < -0.4 is 14.8 Å². The van der Waals surface area contributed by atoms with Gasteiger partial charge in [0, 0.05) is 17.3 Å². The lowest BCUT2D eigenvalue weighted by Crippen LogP contribution is -2.12. The molecule has 4 nitrogen and oxygen atoms in total. The van der Waals surface area contributed by atoms with Crippen molar-refractivity contribution in [3.63, 3.8) is 0 Å². The molecular formula is C17H19NO3. The highest BCUT2D eigenvalue weighted by molar-refractivity contribution is 6.04. The van der Waals surface area contributed by atoms with Gasteiger partial charge in [-0.1, -0.05) is 6.07 Å². The second-order valence-electron chi connectivity index (χ2n) is 4.93. The van der Waals surface area contributed by atoms with Crippen LogP contribution in [0.1, 0.15) is 21.5 Å². The van der Waals surface area contributed by atoms with Gasteiger partial charge in [0.1, 0.15) is 11.5 Å². The number of aryl methyl sites for hydroxylation is 2. The number of ether oxygens (including phenoxy) is 2. The minimum atomic E-state index is -0.197. The van der Waals surface area contributed by atoms with Gasteiger partial charge in [-0.05, 0) is 49.2 Å². The minimum absolute atomic E-state index is 0.197. The Kier molecular flexibility index (Phi) is 4.48. The van der Waals surface area contributed by atoms with Crippen molar-refractivity contribution in [2.45, 2.75) is 13.8 Å². The molecule has 1 amide bonds. The second-order valence-corrected chi connectivity index (χ2v) is 4.93. The van der Waals surface area contributed by atoms with Crippen molar-refractivity contribution < 1.29 is 14.3 Å². The van der Waals surface area contributed by atoms with Gasteiger partial charge in [0.05, 0.1) is 14.2 Å². The number of amides is 1. The molecule has 0 atom stereocenters. The zero-order valence-corrected chi connectivity index (χ0v) is 12.7. The highest BCUT2D eigenvalue weighted by Gasteiger charge is 2.10. The Bertz CT molecular complexity index is 623. The maximum atomic E-state index is 12.4. The van der Waals surface area contributed by atoms with Crippen LogP contribution in [0.3, 0.4) is 0 Å². The van der Waals surface area contributed by atoms with Crippen molar-refractivity contribution in [3.05, 3.63) is 53.1 Å². The number of carbonyl (C=O) groups excluding carboxylic acids is 1. The number of rotatable bonds is 4. The molecule has 0 aliphatic rings. The first-order valence-electron chi connectivity index (χ1n) is 6.64. The average Bonchev–Trinajstić information content (AvgIpc) is 2.45. The maximum Gasteiger partial charge on any atom is 0.255 e. The molecule has 2 rings (SSSR count). The van der Waals surface area contributed by atoms with Gasteiger partial charge in [-0.3, -0.25) is 4.79 Å². The van der Waals surface area contributed by atoms with E-state index < -0.39 is 0 Å². The van der Waals surface area contributed by atoms with Crippen LogP contribution in [0.25, 0.3) is 0 Å². The standard InChI is InChI=1S/C17H19NO3/c1-11-5-12(2)7-14(6-11)18-17(19)13-8-15(20-3)10-16(9-13)21-4/h5-10H,1-4H3,(H,18,19). The predicted octanol–water partition coefficient (Wildman–Crippen LogP) is 3.57. The highest BCUT2D eigenvalue weighted by atomic mass is 16.5. The van der Waals surface area contributed by atoms with Gasteiger partial charge in [0.2, 0.25) is 0 Å². The van der Waals surface area contributed by atoms with Crippen molar-refractivity contribution in [1.82, 2.24) is 0 Å². The maximum absolute atomic E-state index is 12.4. The van der Waals surface area contributed by atoms with Crippen LogP contribution in [0.5, 0.6) is 11.5 Å². The molecule has 2 aromatic rings. The van der Waals surface area contributed by atoms with Gasteiger partial charge in [-0.15, -0.1) is 0 Å². The van der Waals surface area contributed by atoms with Gasteiger partial charge in [0.15, 0.2) is 0 Å². The molecule has 2 aromatic carbocycles. The molecule has 0 bridgehead atoms. The van der Waals surface area contributed by atoms with E-state index in [2.05, 4.69) is 11.4 Å². The summed E-state index contributed by atoms with van der Waals surface area (Å²) in [6.45, 7) is 3.99. The van der Waals surface area contributed by atoms with Gasteiger partial charge in [-0.2, -0.15) is 0 Å². The molecule has 4 heteroatoms. The van der Waals surface area contributed by atoms with E-state index >= 15 is 0 Å². The zero-order chi connectivity index (χ0) is 15.4. The molecule has 0 saturated heterocycles. The van der Waals surface area contributed by atoms with Crippen LogP contribution >= 0.6 is 0 Å². The third-order valence-corrected chi connectivity index (χ3v) is 3.09. The lowest BCUT2D eigenvalue weighted by atomic mass is 10.1. The normalized spacial score (nSPS) is 10.1. The van der Waals surface area contributed by atoms with Crippen molar-refractivity contribution in [1.29, 1.82) is 0 Å². The van der Waals surface area contributed by atoms with Crippen molar-refractivity contribution in [3.8, 4) is 11.5 Å². The molecule has 21 heavy (non-hydrogen) atoms. The number of methoxy groups -OCH3 is 2. The second kappa shape index (κ2) is 6.31. The molecule has 0 heterocycles. The Morgan fingerprint density at radius 1 is 0.857 bits per heavy atom. The van der Waals surface area contributed by atoms with Crippen molar-refractivity contribution in [2.24, 2.45) is 0 Å². The Labute approximate surface area is 124 Å². The van der Waals surface area contributed by atoms with E-state index in [0.717, 1.165) is 16.8 Å². The van der Waals surface area contributed by atoms with Crippen LogP contribution in [0.2, 0.25) is 0 Å². The lowest BCUT2D eigenvalue weighted by Gasteiger charge is -2.10. The third-order valence-electron chi connectivity index (χ3n) is 3.09. The van der Waals surface area contributed by atoms with Crippen molar-refractivity contribution in [2.75, 3.05) is 19.5 Å². The lowest BCUT2D eigenvalue weighted by molar-refractivity contribution is 0.102. The summed E-state index contributed by atoms with van der Waals surface area (Å²) in [6, 6.07) is 11.0. The quantitative estimate of drug-likeness (QED) is 0.934. The van der Waals surface area contributed by atoms with Gasteiger partial charge in [0.25, 0.3) is 5.91 Å². The third kappa shape index (κ3) is 3.75. The molecule has 0 unspecified atom stereocenters. The summed E-state index contributed by atoms with van der Waals surface area (Å²) >= 11 is 0. The molecule has 0 aromatic heterocycles. The Morgan fingerprint density at radius 3 is 1.86 bits per heavy atom. The average molecular weight is 285 g/mol. The molecule has 0 radical (unpaired) electrons. The molecule has 110 valence electrons. The van der Waals surface area contributed by atoms with Crippen LogP contribution in [0.15, 0.2) is 36.4 Å². The van der Waals surface area contributed by atoms with E-state index in [9.17, 15) is 4.79 Å². The summed E-state index contributed by atoms with van der Waals surface area (Å²) in [4.78, 5) is 12.4. The number of benzene rings is 2. The molecule has 0 aliphatic carbocycles. The molecule has 0 aliphatic heterocycles. The number of hydrogen-bond donors (Lipinski definition) is 1. The van der Waals surface area contributed by atoms with E-state index in [1.54, 1.807) is 32.4 Å². The summed E-state index contributed by atoms with van der Waals surface area (Å²) < 4.78 is 10.4. The largest absolute Gasteiger partial charge is 0.497 e. The first kappa shape index (κ1) is 14.9. The van der Waals surface area contributed by atoms with Crippen LogP contribution in [-0.2, 0) is 0 Å². The van der Waals surface area contributed by atoms with E-state index in [1.165, 1.54) is 0 Å². The number of anilines is 1. The first-order chi connectivity index (χ1) is 10.0. The van der Waals surface area contributed by atoms with E-state index in [4.69, 9.17) is 9.47 Å². The fraction of sp³-hybridized carbons (Fsp3) is 0.235. The van der Waals surface area contributed by atoms with E-state index in [-0.39, 0.29) is 5.91 Å². The van der Waals surface area contributed by atoms with Crippen LogP contribution in [0.4, 0.5) is 5.69 Å². The SMILES string of the molecule is COc1cc(OC)cc(C(=O)Nc2cc(C)cc(C)c2)c1. The van der Waals surface area contributed by atoms with E-state index in [0.29, 0.717) is 17.1 Å². The van der Waals surface area contributed by atoms with Gasteiger partial charge in [-0.25, -0.2) is 0 Å². The Morgan fingerprint density at radius 2 is 1.38 bits per heavy atom. The molecule has 0 saturated carbocycles.